The summed E-state index contributed by atoms with van der Waals surface area (Å²) in [5.41, 5.74) is 0.588. The lowest BCUT2D eigenvalue weighted by Gasteiger charge is -2.17. The Morgan fingerprint density at radius 2 is 1.88 bits per heavy atom. The van der Waals surface area contributed by atoms with Crippen molar-refractivity contribution in [2.24, 2.45) is 0 Å². The van der Waals surface area contributed by atoms with Gasteiger partial charge in [-0.15, -0.1) is 0 Å². The van der Waals surface area contributed by atoms with E-state index in [1.807, 2.05) is 6.07 Å². The number of anilines is 1. The monoisotopic (exact) mass is 412 g/mol. The second kappa shape index (κ2) is 7.78. The summed E-state index contributed by atoms with van der Waals surface area (Å²) in [5.74, 6) is 0.136. The van der Waals surface area contributed by atoms with Crippen LogP contribution in [0.15, 0.2) is 57.9 Å². The second-order valence-electron chi connectivity index (χ2n) is 5.00. The Balaban J connectivity index is 2.06. The number of likely N-dealkylation sites (N-methyl/N-ethyl adjacent to an activating group) is 1. The average Bonchev–Trinajstić information content (AvgIpc) is 2.54. The second-order valence-corrected chi connectivity index (χ2v) is 7.96. The molecule has 0 bridgehead atoms. The lowest BCUT2D eigenvalue weighted by Crippen LogP contribution is -2.34. The standard InChI is InChI=1S/C16H17BrN2O4S/c1-19(11-16(20)18-13-5-3-4-12(17)10-13)24(21,22)15-8-6-14(23-2)7-9-15/h3-10H,11H2,1-2H3,(H,18,20). The number of ether oxygens (including phenoxy) is 1. The molecule has 0 heterocycles. The number of benzene rings is 2. The maximum Gasteiger partial charge on any atom is 0.243 e. The summed E-state index contributed by atoms with van der Waals surface area (Å²) in [6.07, 6.45) is 0. The number of carbonyl (C=O) groups excluding carboxylic acids is 1. The Bertz CT molecular complexity index is 822. The number of methoxy groups -OCH3 is 1. The summed E-state index contributed by atoms with van der Waals surface area (Å²) in [4.78, 5) is 12.2. The first kappa shape index (κ1) is 18.4. The molecule has 0 aliphatic carbocycles. The molecule has 0 aliphatic rings. The number of amides is 1. The number of nitrogens with zero attached hydrogens (tertiary/aromatic N) is 1. The molecule has 0 saturated heterocycles. The van der Waals surface area contributed by atoms with Gasteiger partial charge in [0.25, 0.3) is 0 Å². The van der Waals surface area contributed by atoms with Crippen LogP contribution >= 0.6 is 15.9 Å². The third-order valence-electron chi connectivity index (χ3n) is 3.24. The van der Waals surface area contributed by atoms with Gasteiger partial charge in [-0.25, -0.2) is 8.42 Å². The van der Waals surface area contributed by atoms with Crippen molar-refractivity contribution in [3.8, 4) is 5.75 Å². The van der Waals surface area contributed by atoms with Gasteiger partial charge >= 0.3 is 0 Å². The number of rotatable bonds is 6. The highest BCUT2D eigenvalue weighted by Crippen LogP contribution is 2.19. The molecule has 0 aromatic heterocycles. The molecule has 0 spiro atoms. The molecule has 6 nitrogen and oxygen atoms in total. The number of sulfonamides is 1. The van der Waals surface area contributed by atoms with E-state index in [4.69, 9.17) is 4.74 Å². The molecule has 0 fully saturated rings. The maximum atomic E-state index is 12.5. The largest absolute Gasteiger partial charge is 0.497 e. The third kappa shape index (κ3) is 4.56. The first-order valence-electron chi connectivity index (χ1n) is 6.99. The molecule has 128 valence electrons. The predicted octanol–water partition coefficient (Wildman–Crippen LogP) is 2.72. The Labute approximate surface area is 149 Å². The van der Waals surface area contributed by atoms with Gasteiger partial charge in [-0.2, -0.15) is 4.31 Å². The molecule has 2 aromatic rings. The first-order chi connectivity index (χ1) is 11.3. The molecule has 0 radical (unpaired) electrons. The van der Waals surface area contributed by atoms with Crippen LogP contribution in [0.2, 0.25) is 0 Å². The molecule has 0 saturated carbocycles. The molecule has 0 atom stereocenters. The van der Waals surface area contributed by atoms with E-state index < -0.39 is 15.9 Å². The van der Waals surface area contributed by atoms with E-state index in [-0.39, 0.29) is 11.4 Å². The third-order valence-corrected chi connectivity index (χ3v) is 5.55. The molecule has 24 heavy (non-hydrogen) atoms. The van der Waals surface area contributed by atoms with E-state index in [1.165, 1.54) is 26.3 Å². The van der Waals surface area contributed by atoms with Crippen molar-refractivity contribution in [3.05, 3.63) is 53.0 Å². The Kier molecular flexibility index (Phi) is 5.98. The van der Waals surface area contributed by atoms with Crippen LogP contribution < -0.4 is 10.1 Å². The van der Waals surface area contributed by atoms with E-state index in [2.05, 4.69) is 21.2 Å². The van der Waals surface area contributed by atoms with Crippen LogP contribution in [0.1, 0.15) is 0 Å². The minimum absolute atomic E-state index is 0.0982. The summed E-state index contributed by atoms with van der Waals surface area (Å²) in [6.45, 7) is -0.291. The van der Waals surface area contributed by atoms with Crippen LogP contribution in [0.3, 0.4) is 0 Å². The van der Waals surface area contributed by atoms with Gasteiger partial charge in [0.1, 0.15) is 5.75 Å². The van der Waals surface area contributed by atoms with Crippen molar-refractivity contribution < 1.29 is 17.9 Å². The molecule has 8 heteroatoms. The van der Waals surface area contributed by atoms with E-state index in [0.29, 0.717) is 11.4 Å². The van der Waals surface area contributed by atoms with E-state index in [0.717, 1.165) is 8.78 Å². The van der Waals surface area contributed by atoms with Crippen molar-refractivity contribution in [3.63, 3.8) is 0 Å². The van der Waals surface area contributed by atoms with E-state index >= 15 is 0 Å². The van der Waals surface area contributed by atoms with E-state index in [1.54, 1.807) is 30.3 Å². The Morgan fingerprint density at radius 1 is 1.21 bits per heavy atom. The minimum Gasteiger partial charge on any atom is -0.497 e. The Hall–Kier alpha value is -1.90. The van der Waals surface area contributed by atoms with Gasteiger partial charge in [0.15, 0.2) is 0 Å². The van der Waals surface area contributed by atoms with Gasteiger partial charge < -0.3 is 10.1 Å². The number of hydrogen-bond acceptors (Lipinski definition) is 4. The van der Waals surface area contributed by atoms with Gasteiger partial charge in [-0.3, -0.25) is 4.79 Å². The van der Waals surface area contributed by atoms with Crippen LogP contribution in [0, 0.1) is 0 Å². The molecule has 1 N–H and O–H groups in total. The van der Waals surface area contributed by atoms with Crippen molar-refractivity contribution in [1.82, 2.24) is 4.31 Å². The minimum atomic E-state index is -3.75. The van der Waals surface area contributed by atoms with Crippen molar-refractivity contribution in [2.75, 3.05) is 26.0 Å². The van der Waals surface area contributed by atoms with Crippen LogP contribution in [-0.4, -0.2) is 39.3 Å². The van der Waals surface area contributed by atoms with Crippen LogP contribution in [0.4, 0.5) is 5.69 Å². The van der Waals surface area contributed by atoms with Gasteiger partial charge in [-0.1, -0.05) is 22.0 Å². The zero-order valence-corrected chi connectivity index (χ0v) is 15.6. The highest BCUT2D eigenvalue weighted by Gasteiger charge is 2.23. The number of carbonyl (C=O) groups is 1. The molecule has 2 aromatic carbocycles. The Morgan fingerprint density at radius 3 is 2.46 bits per heavy atom. The molecule has 1 amide bonds. The summed E-state index contributed by atoms with van der Waals surface area (Å²) in [6, 6.07) is 13.1. The maximum absolute atomic E-state index is 12.5. The number of nitrogens with one attached hydrogen (secondary N) is 1. The molecule has 0 aliphatic heterocycles. The zero-order valence-electron chi connectivity index (χ0n) is 13.2. The molecule has 2 rings (SSSR count). The van der Waals surface area contributed by atoms with Gasteiger partial charge in [0, 0.05) is 17.2 Å². The van der Waals surface area contributed by atoms with Crippen LogP contribution in [0.25, 0.3) is 0 Å². The fraction of sp³-hybridized carbons (Fsp3) is 0.188. The fourth-order valence-corrected chi connectivity index (χ4v) is 3.51. The fourth-order valence-electron chi connectivity index (χ4n) is 1.98. The highest BCUT2D eigenvalue weighted by atomic mass is 79.9. The summed E-state index contributed by atoms with van der Waals surface area (Å²) in [5, 5.41) is 2.66. The highest BCUT2D eigenvalue weighted by molar-refractivity contribution is 9.10. The predicted molar refractivity (Wildman–Crippen MR) is 95.6 cm³/mol. The van der Waals surface area contributed by atoms with Crippen molar-refractivity contribution in [1.29, 1.82) is 0 Å². The summed E-state index contributed by atoms with van der Waals surface area (Å²) >= 11 is 3.31. The van der Waals surface area contributed by atoms with Gasteiger partial charge in [0.2, 0.25) is 15.9 Å². The van der Waals surface area contributed by atoms with Crippen LogP contribution in [-0.2, 0) is 14.8 Å². The number of hydrogen-bond donors (Lipinski definition) is 1. The molecular weight excluding hydrogens is 396 g/mol. The smallest absolute Gasteiger partial charge is 0.243 e. The normalized spacial score (nSPS) is 11.3. The summed E-state index contributed by atoms with van der Waals surface area (Å²) in [7, 11) is -0.889. The quantitative estimate of drug-likeness (QED) is 0.790. The average molecular weight is 413 g/mol. The molecule has 0 unspecified atom stereocenters. The van der Waals surface area contributed by atoms with Gasteiger partial charge in [0.05, 0.1) is 18.6 Å². The van der Waals surface area contributed by atoms with Crippen molar-refractivity contribution >= 4 is 37.5 Å². The lowest BCUT2D eigenvalue weighted by atomic mass is 10.3. The summed E-state index contributed by atoms with van der Waals surface area (Å²) < 4.78 is 31.8. The topological polar surface area (TPSA) is 75.7 Å². The zero-order chi connectivity index (χ0) is 17.7. The van der Waals surface area contributed by atoms with Crippen LogP contribution in [0.5, 0.6) is 5.75 Å². The lowest BCUT2D eigenvalue weighted by molar-refractivity contribution is -0.116. The molecular formula is C16H17BrN2O4S. The first-order valence-corrected chi connectivity index (χ1v) is 9.22. The van der Waals surface area contributed by atoms with Crippen molar-refractivity contribution in [2.45, 2.75) is 4.90 Å². The number of halogens is 1. The SMILES string of the molecule is COc1ccc(S(=O)(=O)N(C)CC(=O)Nc2cccc(Br)c2)cc1. The van der Waals surface area contributed by atoms with E-state index in [9.17, 15) is 13.2 Å². The van der Waals surface area contributed by atoms with Gasteiger partial charge in [-0.05, 0) is 42.5 Å².